The van der Waals surface area contributed by atoms with Gasteiger partial charge in [-0.1, -0.05) is 25.3 Å². The average molecular weight is 374 g/mol. The summed E-state index contributed by atoms with van der Waals surface area (Å²) in [6, 6.07) is 5.30. The van der Waals surface area contributed by atoms with Crippen LogP contribution in [0.5, 0.6) is 5.75 Å². The summed E-state index contributed by atoms with van der Waals surface area (Å²) >= 11 is 0. The summed E-state index contributed by atoms with van der Waals surface area (Å²) < 4.78 is 5.26. The van der Waals surface area contributed by atoms with Crippen LogP contribution in [0.15, 0.2) is 18.2 Å². The molecule has 1 heterocycles. The Bertz CT molecular complexity index is 824. The first-order chi connectivity index (χ1) is 13.1. The Morgan fingerprint density at radius 3 is 2.81 bits per heavy atom. The highest BCUT2D eigenvalue weighted by Crippen LogP contribution is 2.37. The number of nitrogens with zero attached hydrogens (tertiary/aromatic N) is 4. The van der Waals surface area contributed by atoms with Gasteiger partial charge in [0.1, 0.15) is 16.8 Å². The number of benzene rings is 1. The Morgan fingerprint density at radius 2 is 2.11 bits per heavy atom. The van der Waals surface area contributed by atoms with Crippen LogP contribution < -0.4 is 15.6 Å². The number of amides is 2. The van der Waals surface area contributed by atoms with E-state index in [-0.39, 0.29) is 18.4 Å². The van der Waals surface area contributed by atoms with Gasteiger partial charge in [-0.15, -0.1) is 10.2 Å². The molecule has 1 aromatic heterocycles. The van der Waals surface area contributed by atoms with E-state index >= 15 is 0 Å². The number of ether oxygens (including phenoxy) is 1. The number of rotatable bonds is 7. The molecule has 3 rings (SSSR count). The van der Waals surface area contributed by atoms with E-state index in [0.29, 0.717) is 41.1 Å². The molecule has 144 valence electrons. The summed E-state index contributed by atoms with van der Waals surface area (Å²) in [5.41, 5.74) is 5.49. The van der Waals surface area contributed by atoms with E-state index in [4.69, 9.17) is 4.74 Å². The van der Waals surface area contributed by atoms with Gasteiger partial charge in [0.15, 0.2) is 0 Å². The summed E-state index contributed by atoms with van der Waals surface area (Å²) in [5.74, 6) is 0.330. The molecule has 27 heavy (non-hydrogen) atoms. The fourth-order valence-corrected chi connectivity index (χ4v) is 3.43. The van der Waals surface area contributed by atoms with Gasteiger partial charge >= 0.3 is 0 Å². The first-order valence-electron chi connectivity index (χ1n) is 8.73. The van der Waals surface area contributed by atoms with Crippen molar-refractivity contribution in [2.24, 2.45) is 5.41 Å². The standard InChI is InChI=1S/C17H22N6O4/c1-27-13-7-5-6-12-14(13)18-16(21-19-12)22-20-15(25)17(10-23(26)11-24)8-3-2-4-9-17/h5-7,11,26H,2-4,8-10H2,1H3,(H,20,25)(H,18,21,22). The van der Waals surface area contributed by atoms with Gasteiger partial charge in [0, 0.05) is 0 Å². The Kier molecular flexibility index (Phi) is 5.65. The van der Waals surface area contributed by atoms with Crippen LogP contribution in [-0.4, -0.2) is 51.4 Å². The van der Waals surface area contributed by atoms with Gasteiger partial charge in [0.2, 0.25) is 12.3 Å². The zero-order valence-electron chi connectivity index (χ0n) is 15.0. The van der Waals surface area contributed by atoms with Crippen molar-refractivity contribution in [2.45, 2.75) is 32.1 Å². The van der Waals surface area contributed by atoms with Crippen LogP contribution in [0.1, 0.15) is 32.1 Å². The number of methoxy groups -OCH3 is 1. The average Bonchev–Trinajstić information content (AvgIpc) is 2.71. The number of fused-ring (bicyclic) bond motifs is 1. The van der Waals surface area contributed by atoms with Crippen molar-refractivity contribution in [3.63, 3.8) is 0 Å². The van der Waals surface area contributed by atoms with E-state index in [9.17, 15) is 14.8 Å². The first kappa shape index (κ1) is 18.8. The third-order valence-electron chi connectivity index (χ3n) is 4.83. The molecule has 0 radical (unpaired) electrons. The van der Waals surface area contributed by atoms with Gasteiger partial charge in [-0.05, 0) is 25.0 Å². The fraction of sp³-hybridized carbons (Fsp3) is 0.471. The zero-order valence-corrected chi connectivity index (χ0v) is 15.0. The molecule has 0 atom stereocenters. The Hall–Kier alpha value is -3.01. The molecule has 0 aliphatic heterocycles. The molecule has 10 nitrogen and oxygen atoms in total. The van der Waals surface area contributed by atoms with Crippen molar-refractivity contribution in [1.29, 1.82) is 0 Å². The molecule has 0 saturated heterocycles. The largest absolute Gasteiger partial charge is 0.494 e. The zero-order chi connectivity index (χ0) is 19.3. The normalized spacial score (nSPS) is 15.8. The number of hydrogen-bond donors (Lipinski definition) is 3. The second-order valence-electron chi connectivity index (χ2n) is 6.59. The highest BCUT2D eigenvalue weighted by molar-refractivity contribution is 5.84. The molecule has 2 aromatic rings. The lowest BCUT2D eigenvalue weighted by molar-refractivity contribution is -0.162. The number of hydrazine groups is 1. The summed E-state index contributed by atoms with van der Waals surface area (Å²) in [6.45, 7) is -0.0608. The molecule has 1 aliphatic rings. The molecule has 0 unspecified atom stereocenters. The third kappa shape index (κ3) is 4.05. The van der Waals surface area contributed by atoms with Crippen molar-refractivity contribution >= 4 is 29.3 Å². The quantitative estimate of drug-likeness (QED) is 0.375. The predicted molar refractivity (Wildman–Crippen MR) is 95.7 cm³/mol. The first-order valence-corrected chi connectivity index (χ1v) is 8.73. The number of hydroxylamine groups is 2. The summed E-state index contributed by atoms with van der Waals surface area (Å²) in [7, 11) is 1.53. The van der Waals surface area contributed by atoms with Gasteiger partial charge in [0.05, 0.1) is 19.1 Å². The highest BCUT2D eigenvalue weighted by atomic mass is 16.5. The molecule has 2 amide bonds. The van der Waals surface area contributed by atoms with E-state index in [1.165, 1.54) is 7.11 Å². The van der Waals surface area contributed by atoms with E-state index in [1.807, 2.05) is 0 Å². The minimum absolute atomic E-state index is 0.0608. The van der Waals surface area contributed by atoms with E-state index < -0.39 is 5.41 Å². The van der Waals surface area contributed by atoms with Gasteiger partial charge in [-0.25, -0.2) is 10.0 Å². The second-order valence-corrected chi connectivity index (χ2v) is 6.59. The molecular formula is C17H22N6O4. The van der Waals surface area contributed by atoms with Gasteiger partial charge in [-0.2, -0.15) is 0 Å². The highest BCUT2D eigenvalue weighted by Gasteiger charge is 2.41. The van der Waals surface area contributed by atoms with Crippen molar-refractivity contribution < 1.29 is 19.5 Å². The second kappa shape index (κ2) is 8.12. The number of carbonyl (C=O) groups excluding carboxylic acids is 2. The molecule has 3 N–H and O–H groups in total. The maximum atomic E-state index is 12.8. The predicted octanol–water partition coefficient (Wildman–Crippen LogP) is 1.27. The number of nitrogens with one attached hydrogen (secondary N) is 2. The van der Waals surface area contributed by atoms with Gasteiger partial charge in [-0.3, -0.25) is 25.6 Å². The monoisotopic (exact) mass is 374 g/mol. The van der Waals surface area contributed by atoms with Crippen molar-refractivity contribution in [1.82, 2.24) is 25.7 Å². The van der Waals surface area contributed by atoms with Crippen LogP contribution >= 0.6 is 0 Å². The van der Waals surface area contributed by atoms with Crippen LogP contribution in [0, 0.1) is 5.41 Å². The number of carbonyl (C=O) groups is 2. The summed E-state index contributed by atoms with van der Waals surface area (Å²) in [5, 5.41) is 18.1. The van der Waals surface area contributed by atoms with E-state index in [0.717, 1.165) is 19.3 Å². The molecule has 1 saturated carbocycles. The molecule has 1 aromatic carbocycles. The Balaban J connectivity index is 1.75. The van der Waals surface area contributed by atoms with Crippen LogP contribution in [-0.2, 0) is 9.59 Å². The molecule has 0 bridgehead atoms. The lowest BCUT2D eigenvalue weighted by Crippen LogP contribution is -2.50. The molecule has 0 spiro atoms. The van der Waals surface area contributed by atoms with Crippen LogP contribution in [0.3, 0.4) is 0 Å². The summed E-state index contributed by atoms with van der Waals surface area (Å²) in [4.78, 5) is 27.9. The van der Waals surface area contributed by atoms with Gasteiger partial charge < -0.3 is 4.74 Å². The maximum absolute atomic E-state index is 12.8. The Labute approximate surface area is 155 Å². The number of para-hydroxylation sites is 1. The number of aromatic nitrogens is 3. The van der Waals surface area contributed by atoms with Crippen LogP contribution in [0.2, 0.25) is 0 Å². The lowest BCUT2D eigenvalue weighted by atomic mass is 9.73. The van der Waals surface area contributed by atoms with Gasteiger partial charge in [0.25, 0.3) is 5.95 Å². The van der Waals surface area contributed by atoms with Crippen molar-refractivity contribution in [3.05, 3.63) is 18.2 Å². The molecular weight excluding hydrogens is 352 g/mol. The minimum Gasteiger partial charge on any atom is -0.494 e. The van der Waals surface area contributed by atoms with Crippen LogP contribution in [0.4, 0.5) is 5.95 Å². The lowest BCUT2D eigenvalue weighted by Gasteiger charge is -2.36. The fourth-order valence-electron chi connectivity index (χ4n) is 3.43. The number of anilines is 1. The van der Waals surface area contributed by atoms with Crippen LogP contribution in [0.25, 0.3) is 11.0 Å². The van der Waals surface area contributed by atoms with Crippen molar-refractivity contribution in [3.8, 4) is 5.75 Å². The Morgan fingerprint density at radius 1 is 1.33 bits per heavy atom. The number of hydrogen-bond acceptors (Lipinski definition) is 8. The van der Waals surface area contributed by atoms with Crippen molar-refractivity contribution in [2.75, 3.05) is 19.1 Å². The smallest absolute Gasteiger partial charge is 0.262 e. The molecule has 10 heteroatoms. The van der Waals surface area contributed by atoms with E-state index in [1.54, 1.807) is 18.2 Å². The molecule has 1 fully saturated rings. The molecule has 1 aliphatic carbocycles. The SMILES string of the molecule is COc1cccc2nnc(NNC(=O)C3(CN(O)C=O)CCCCC3)nc12. The minimum atomic E-state index is -0.858. The van der Waals surface area contributed by atoms with E-state index in [2.05, 4.69) is 26.0 Å². The summed E-state index contributed by atoms with van der Waals surface area (Å²) in [6.07, 6.45) is 4.19. The maximum Gasteiger partial charge on any atom is 0.262 e. The topological polar surface area (TPSA) is 130 Å². The third-order valence-corrected chi connectivity index (χ3v) is 4.83.